The largest absolute Gasteiger partial charge is 0.416 e. The summed E-state index contributed by atoms with van der Waals surface area (Å²) in [6.07, 6.45) is -1.52. The molecule has 0 unspecified atom stereocenters. The third kappa shape index (κ3) is 3.90. The lowest BCUT2D eigenvalue weighted by Crippen LogP contribution is -2.43. The van der Waals surface area contributed by atoms with Gasteiger partial charge in [0.1, 0.15) is 11.5 Å². The molecular formula is C22H18F3N5O2. The van der Waals surface area contributed by atoms with Gasteiger partial charge < -0.3 is 15.7 Å². The minimum Gasteiger partial charge on any atom is -0.392 e. The summed E-state index contributed by atoms with van der Waals surface area (Å²) in [7, 11) is 0. The van der Waals surface area contributed by atoms with Crippen molar-refractivity contribution in [3.05, 3.63) is 70.7 Å². The highest BCUT2D eigenvalue weighted by Crippen LogP contribution is 2.32. The van der Waals surface area contributed by atoms with Crippen molar-refractivity contribution in [2.24, 2.45) is 0 Å². The molecule has 3 N–H and O–H groups in total. The second-order valence-corrected chi connectivity index (χ2v) is 7.34. The van der Waals surface area contributed by atoms with Crippen LogP contribution in [0.4, 0.5) is 24.7 Å². The molecular weight excluding hydrogens is 423 g/mol. The van der Waals surface area contributed by atoms with Crippen LogP contribution in [0.2, 0.25) is 0 Å². The molecule has 0 saturated carbocycles. The number of amides is 1. The Bertz CT molecular complexity index is 1240. The fraction of sp³-hybridized carbons (Fsp3) is 0.227. The van der Waals surface area contributed by atoms with E-state index in [-0.39, 0.29) is 30.7 Å². The smallest absolute Gasteiger partial charge is 0.392 e. The quantitative estimate of drug-likeness (QED) is 0.596. The number of nitrogens with zero attached hydrogens (tertiary/aromatic N) is 4. The van der Waals surface area contributed by atoms with E-state index in [1.54, 1.807) is 10.7 Å². The maximum atomic E-state index is 13.2. The number of aliphatic hydroxyl groups excluding tert-OH is 1. The number of benzene rings is 1. The van der Waals surface area contributed by atoms with Gasteiger partial charge in [0.2, 0.25) is 0 Å². The van der Waals surface area contributed by atoms with Crippen LogP contribution in [0.1, 0.15) is 45.7 Å². The number of nitrogens with two attached hydrogens (primary N) is 1. The minimum absolute atomic E-state index is 0.206. The predicted octanol–water partition coefficient (Wildman–Crippen LogP) is 2.99. The van der Waals surface area contributed by atoms with Crippen molar-refractivity contribution >= 4 is 17.4 Å². The van der Waals surface area contributed by atoms with E-state index in [9.17, 15) is 23.1 Å². The van der Waals surface area contributed by atoms with Crippen molar-refractivity contribution in [3.8, 4) is 11.8 Å². The number of aromatic nitrogens is 3. The summed E-state index contributed by atoms with van der Waals surface area (Å²) in [4.78, 5) is 18.6. The molecule has 0 spiro atoms. The molecule has 10 heteroatoms. The average Bonchev–Trinajstić information content (AvgIpc) is 3.20. The molecule has 1 atom stereocenters. The standard InChI is InChI=1S/C22H18F3N5O2/c1-13-11-29(18-6-4-17(5-7-18)22(23,24)25)21(32)19-15(10-28-30(13)19)3-2-14-8-16(12-31)20(26)27-9-14/h4-10,13,31H,11-12H2,1H3,(H2,26,27)/t13-/m0/s1. The number of fused-ring (bicyclic) bond motifs is 1. The molecule has 1 aromatic carbocycles. The summed E-state index contributed by atoms with van der Waals surface area (Å²) in [5, 5.41) is 13.6. The van der Waals surface area contributed by atoms with Crippen LogP contribution in [0.5, 0.6) is 0 Å². The number of nitrogen functional groups attached to an aromatic ring is 1. The van der Waals surface area contributed by atoms with Gasteiger partial charge in [-0.15, -0.1) is 0 Å². The van der Waals surface area contributed by atoms with Gasteiger partial charge in [-0.2, -0.15) is 18.3 Å². The van der Waals surface area contributed by atoms with Crippen molar-refractivity contribution in [1.82, 2.24) is 14.8 Å². The molecule has 0 radical (unpaired) electrons. The van der Waals surface area contributed by atoms with Gasteiger partial charge in [0.15, 0.2) is 0 Å². The highest BCUT2D eigenvalue weighted by molar-refractivity contribution is 6.07. The first-order chi connectivity index (χ1) is 15.2. The van der Waals surface area contributed by atoms with Crippen molar-refractivity contribution in [2.75, 3.05) is 17.2 Å². The Morgan fingerprint density at radius 2 is 1.94 bits per heavy atom. The zero-order chi connectivity index (χ0) is 23.0. The molecule has 1 amide bonds. The SMILES string of the molecule is C[C@H]1CN(c2ccc(C(F)(F)F)cc2)C(=O)c2c(C#Cc3cnc(N)c(CO)c3)cnn21. The molecule has 1 aliphatic heterocycles. The van der Waals surface area contributed by atoms with E-state index in [0.29, 0.717) is 22.4 Å². The molecule has 164 valence electrons. The first-order valence-corrected chi connectivity index (χ1v) is 9.63. The Balaban J connectivity index is 1.67. The molecule has 0 saturated heterocycles. The summed E-state index contributed by atoms with van der Waals surface area (Å²) in [5.41, 5.74) is 6.81. The summed E-state index contributed by atoms with van der Waals surface area (Å²) in [5.74, 6) is 5.58. The number of rotatable bonds is 2. The molecule has 3 heterocycles. The second-order valence-electron chi connectivity index (χ2n) is 7.34. The summed E-state index contributed by atoms with van der Waals surface area (Å²) in [6, 6.07) is 5.85. The topological polar surface area (TPSA) is 97.3 Å². The van der Waals surface area contributed by atoms with Gasteiger partial charge in [-0.05, 0) is 37.3 Å². The zero-order valence-corrected chi connectivity index (χ0v) is 16.9. The molecule has 0 aliphatic carbocycles. The van der Waals surface area contributed by atoms with Gasteiger partial charge in [-0.1, -0.05) is 11.8 Å². The summed E-state index contributed by atoms with van der Waals surface area (Å²) < 4.78 is 40.2. The molecule has 7 nitrogen and oxygen atoms in total. The van der Waals surface area contributed by atoms with Gasteiger partial charge in [0.25, 0.3) is 5.91 Å². The number of carbonyl (C=O) groups excluding carboxylic acids is 1. The summed E-state index contributed by atoms with van der Waals surface area (Å²) in [6.45, 7) is 1.83. The van der Waals surface area contributed by atoms with Crippen LogP contribution in [0.3, 0.4) is 0 Å². The number of aliphatic hydroxyl groups is 1. The van der Waals surface area contributed by atoms with Gasteiger partial charge in [-0.3, -0.25) is 9.48 Å². The third-order valence-electron chi connectivity index (χ3n) is 5.13. The lowest BCUT2D eigenvalue weighted by Gasteiger charge is -2.32. The number of hydrogen-bond donors (Lipinski definition) is 2. The Morgan fingerprint density at radius 3 is 2.59 bits per heavy atom. The number of hydrogen-bond acceptors (Lipinski definition) is 5. The fourth-order valence-electron chi connectivity index (χ4n) is 3.46. The molecule has 1 aliphatic rings. The number of anilines is 2. The van der Waals surface area contributed by atoms with Crippen LogP contribution in [-0.4, -0.2) is 32.3 Å². The van der Waals surface area contributed by atoms with Crippen molar-refractivity contribution in [3.63, 3.8) is 0 Å². The van der Waals surface area contributed by atoms with E-state index >= 15 is 0 Å². The van der Waals surface area contributed by atoms with Gasteiger partial charge in [0.05, 0.1) is 30.0 Å². The molecule has 4 rings (SSSR count). The Kier molecular flexibility index (Phi) is 5.36. The summed E-state index contributed by atoms with van der Waals surface area (Å²) >= 11 is 0. The van der Waals surface area contributed by atoms with Crippen LogP contribution in [0, 0.1) is 11.8 Å². The second kappa shape index (κ2) is 8.01. The first-order valence-electron chi connectivity index (χ1n) is 9.63. The monoisotopic (exact) mass is 441 g/mol. The average molecular weight is 441 g/mol. The highest BCUT2D eigenvalue weighted by Gasteiger charge is 2.34. The predicted molar refractivity (Wildman–Crippen MR) is 111 cm³/mol. The number of alkyl halides is 3. The fourth-order valence-corrected chi connectivity index (χ4v) is 3.46. The van der Waals surface area contributed by atoms with Crippen LogP contribution in [-0.2, 0) is 12.8 Å². The van der Waals surface area contributed by atoms with E-state index in [2.05, 4.69) is 21.9 Å². The maximum absolute atomic E-state index is 13.2. The lowest BCUT2D eigenvalue weighted by atomic mass is 10.1. The highest BCUT2D eigenvalue weighted by atomic mass is 19.4. The van der Waals surface area contributed by atoms with E-state index in [4.69, 9.17) is 5.73 Å². The van der Waals surface area contributed by atoms with Crippen molar-refractivity contribution in [2.45, 2.75) is 25.7 Å². The van der Waals surface area contributed by atoms with Gasteiger partial charge in [-0.25, -0.2) is 4.98 Å². The van der Waals surface area contributed by atoms with Gasteiger partial charge >= 0.3 is 6.18 Å². The molecule has 0 fully saturated rings. The number of halogens is 3. The Hall–Kier alpha value is -3.84. The zero-order valence-electron chi connectivity index (χ0n) is 16.9. The Labute approximate surface area is 181 Å². The molecule has 32 heavy (non-hydrogen) atoms. The molecule has 3 aromatic rings. The van der Waals surface area contributed by atoms with E-state index in [1.807, 2.05) is 6.92 Å². The van der Waals surface area contributed by atoms with Crippen LogP contribution >= 0.6 is 0 Å². The normalized spacial score (nSPS) is 15.8. The van der Waals surface area contributed by atoms with Gasteiger partial charge in [0, 0.05) is 29.6 Å². The van der Waals surface area contributed by atoms with E-state index < -0.39 is 17.6 Å². The lowest BCUT2D eigenvalue weighted by molar-refractivity contribution is -0.137. The van der Waals surface area contributed by atoms with E-state index in [1.165, 1.54) is 29.4 Å². The first kappa shape index (κ1) is 21.4. The third-order valence-corrected chi connectivity index (χ3v) is 5.13. The van der Waals surface area contributed by atoms with Crippen LogP contribution in [0.15, 0.2) is 42.7 Å². The van der Waals surface area contributed by atoms with Crippen molar-refractivity contribution in [1.29, 1.82) is 0 Å². The van der Waals surface area contributed by atoms with E-state index in [0.717, 1.165) is 12.1 Å². The van der Waals surface area contributed by atoms with Crippen LogP contribution in [0.25, 0.3) is 0 Å². The number of pyridine rings is 1. The van der Waals surface area contributed by atoms with Crippen molar-refractivity contribution < 1.29 is 23.1 Å². The molecule has 0 bridgehead atoms. The molecule has 2 aromatic heterocycles. The maximum Gasteiger partial charge on any atom is 0.416 e. The Morgan fingerprint density at radius 1 is 1.22 bits per heavy atom. The number of carbonyl (C=O) groups is 1. The minimum atomic E-state index is -4.45. The van der Waals surface area contributed by atoms with Crippen LogP contribution < -0.4 is 10.6 Å².